The van der Waals surface area contributed by atoms with Crippen LogP contribution in [0.15, 0.2) is 0 Å². The van der Waals surface area contributed by atoms with Gasteiger partial charge in [0, 0.05) is 19.7 Å². The first-order valence-corrected chi connectivity index (χ1v) is 7.73. The van der Waals surface area contributed by atoms with E-state index in [1.165, 1.54) is 4.31 Å². The predicted molar refractivity (Wildman–Crippen MR) is 64.7 cm³/mol. The summed E-state index contributed by atoms with van der Waals surface area (Å²) in [6.45, 7) is 2.87. The van der Waals surface area contributed by atoms with E-state index in [2.05, 4.69) is 0 Å². The molecule has 0 spiro atoms. The van der Waals surface area contributed by atoms with Gasteiger partial charge in [-0.25, -0.2) is 12.7 Å². The maximum atomic E-state index is 12.3. The standard InChI is InChI=1S/C11H23NO3S/c1-2-12(9-6-10-13)16(14,15)11-7-4-3-5-8-11/h11,13H,2-10H2,1H3. The fraction of sp³-hybridized carbons (Fsp3) is 1.00. The third-order valence-electron chi connectivity index (χ3n) is 3.25. The van der Waals surface area contributed by atoms with Gasteiger partial charge in [0.2, 0.25) is 10.0 Å². The summed E-state index contributed by atoms with van der Waals surface area (Å²) in [5, 5.41) is 8.58. The van der Waals surface area contributed by atoms with Gasteiger partial charge in [-0.3, -0.25) is 0 Å². The van der Waals surface area contributed by atoms with Gasteiger partial charge >= 0.3 is 0 Å². The van der Waals surface area contributed by atoms with Gasteiger partial charge in [0.15, 0.2) is 0 Å². The second-order valence-electron chi connectivity index (χ2n) is 4.37. The first-order valence-electron chi connectivity index (χ1n) is 6.22. The van der Waals surface area contributed by atoms with Gasteiger partial charge in [0.1, 0.15) is 0 Å². The topological polar surface area (TPSA) is 57.6 Å². The van der Waals surface area contributed by atoms with Crippen molar-refractivity contribution in [2.45, 2.75) is 50.7 Å². The Bertz CT molecular complexity index is 284. The van der Waals surface area contributed by atoms with E-state index in [0.29, 0.717) is 19.5 Å². The highest BCUT2D eigenvalue weighted by Crippen LogP contribution is 2.26. The quantitative estimate of drug-likeness (QED) is 0.773. The molecule has 0 aromatic carbocycles. The van der Waals surface area contributed by atoms with E-state index in [9.17, 15) is 8.42 Å². The molecule has 0 heterocycles. The molecule has 0 saturated heterocycles. The van der Waals surface area contributed by atoms with E-state index in [1.54, 1.807) is 0 Å². The van der Waals surface area contributed by atoms with Crippen LogP contribution in [0.4, 0.5) is 0 Å². The number of hydrogen-bond donors (Lipinski definition) is 1. The van der Waals surface area contributed by atoms with Crippen molar-refractivity contribution < 1.29 is 13.5 Å². The summed E-state index contributed by atoms with van der Waals surface area (Å²) < 4.78 is 26.1. The van der Waals surface area contributed by atoms with Gasteiger partial charge in [0.05, 0.1) is 5.25 Å². The zero-order chi connectivity index (χ0) is 12.0. The third kappa shape index (κ3) is 3.43. The Morgan fingerprint density at radius 2 is 1.88 bits per heavy atom. The van der Waals surface area contributed by atoms with Gasteiger partial charge in [-0.2, -0.15) is 0 Å². The Balaban J connectivity index is 2.64. The van der Waals surface area contributed by atoms with E-state index in [0.717, 1.165) is 32.1 Å². The molecule has 4 nitrogen and oxygen atoms in total. The van der Waals surface area contributed by atoms with Crippen molar-refractivity contribution in [3.63, 3.8) is 0 Å². The van der Waals surface area contributed by atoms with E-state index in [4.69, 9.17) is 5.11 Å². The van der Waals surface area contributed by atoms with Crippen LogP contribution >= 0.6 is 0 Å². The SMILES string of the molecule is CCN(CCCO)S(=O)(=O)C1CCCCC1. The summed E-state index contributed by atoms with van der Waals surface area (Å²) in [5.74, 6) is 0. The van der Waals surface area contributed by atoms with E-state index < -0.39 is 10.0 Å². The molecule has 5 heteroatoms. The van der Waals surface area contributed by atoms with Crippen LogP contribution in [-0.2, 0) is 10.0 Å². The van der Waals surface area contributed by atoms with Crippen LogP contribution in [0, 0.1) is 0 Å². The molecular formula is C11H23NO3S. The summed E-state index contributed by atoms with van der Waals surface area (Å²) in [6.07, 6.45) is 5.35. The van der Waals surface area contributed by atoms with Gasteiger partial charge in [0.25, 0.3) is 0 Å². The second-order valence-corrected chi connectivity index (χ2v) is 6.59. The number of hydrogen-bond acceptors (Lipinski definition) is 3. The van der Waals surface area contributed by atoms with E-state index >= 15 is 0 Å². The fourth-order valence-electron chi connectivity index (χ4n) is 2.29. The molecule has 1 rings (SSSR count). The lowest BCUT2D eigenvalue weighted by atomic mass is 10.0. The zero-order valence-corrected chi connectivity index (χ0v) is 10.9. The van der Waals surface area contributed by atoms with Crippen molar-refractivity contribution >= 4 is 10.0 Å². The van der Waals surface area contributed by atoms with E-state index in [1.807, 2.05) is 6.92 Å². The lowest BCUT2D eigenvalue weighted by Crippen LogP contribution is -2.40. The largest absolute Gasteiger partial charge is 0.396 e. The molecule has 0 atom stereocenters. The molecule has 96 valence electrons. The maximum absolute atomic E-state index is 12.3. The Morgan fingerprint density at radius 1 is 1.25 bits per heavy atom. The number of sulfonamides is 1. The minimum atomic E-state index is -3.12. The summed E-state index contributed by atoms with van der Waals surface area (Å²) >= 11 is 0. The summed E-state index contributed by atoms with van der Waals surface area (Å²) in [7, 11) is -3.12. The first-order chi connectivity index (χ1) is 7.62. The fourth-order valence-corrected chi connectivity index (χ4v) is 4.38. The molecule has 0 aliphatic heterocycles. The minimum absolute atomic E-state index is 0.0523. The van der Waals surface area contributed by atoms with Crippen molar-refractivity contribution in [2.24, 2.45) is 0 Å². The Kier molecular flexibility index (Phi) is 5.72. The maximum Gasteiger partial charge on any atom is 0.216 e. The van der Waals surface area contributed by atoms with Crippen LogP contribution in [0.1, 0.15) is 45.4 Å². The van der Waals surface area contributed by atoms with Crippen molar-refractivity contribution in [1.29, 1.82) is 0 Å². The van der Waals surface area contributed by atoms with Crippen molar-refractivity contribution in [2.75, 3.05) is 19.7 Å². The molecule has 1 saturated carbocycles. The first kappa shape index (κ1) is 13.9. The monoisotopic (exact) mass is 249 g/mol. The molecule has 0 aromatic heterocycles. The second kappa shape index (κ2) is 6.57. The predicted octanol–water partition coefficient (Wildman–Crippen LogP) is 1.35. The number of aliphatic hydroxyl groups excluding tert-OH is 1. The molecule has 0 amide bonds. The van der Waals surface area contributed by atoms with Crippen LogP contribution in [0.3, 0.4) is 0 Å². The molecule has 1 aliphatic rings. The number of aliphatic hydroxyl groups is 1. The number of nitrogens with zero attached hydrogens (tertiary/aromatic N) is 1. The normalized spacial score (nSPS) is 19.2. The van der Waals surface area contributed by atoms with Crippen LogP contribution in [0.25, 0.3) is 0 Å². The molecule has 0 aromatic rings. The van der Waals surface area contributed by atoms with Crippen LogP contribution in [0.5, 0.6) is 0 Å². The molecule has 0 unspecified atom stereocenters. The Hall–Kier alpha value is -0.130. The zero-order valence-electron chi connectivity index (χ0n) is 10.1. The van der Waals surface area contributed by atoms with Gasteiger partial charge in [-0.05, 0) is 19.3 Å². The molecule has 0 bridgehead atoms. The highest BCUT2D eigenvalue weighted by molar-refractivity contribution is 7.89. The molecular weight excluding hydrogens is 226 g/mol. The average Bonchev–Trinajstić information content (AvgIpc) is 2.31. The van der Waals surface area contributed by atoms with Gasteiger partial charge in [-0.15, -0.1) is 0 Å². The Morgan fingerprint density at radius 3 is 2.38 bits per heavy atom. The smallest absolute Gasteiger partial charge is 0.216 e. The molecule has 0 radical (unpaired) electrons. The number of rotatable bonds is 6. The lowest BCUT2D eigenvalue weighted by Gasteiger charge is -2.28. The van der Waals surface area contributed by atoms with Crippen molar-refractivity contribution in [3.05, 3.63) is 0 Å². The van der Waals surface area contributed by atoms with Crippen molar-refractivity contribution in [3.8, 4) is 0 Å². The van der Waals surface area contributed by atoms with Crippen LogP contribution < -0.4 is 0 Å². The highest BCUT2D eigenvalue weighted by atomic mass is 32.2. The van der Waals surface area contributed by atoms with Gasteiger partial charge < -0.3 is 5.11 Å². The minimum Gasteiger partial charge on any atom is -0.396 e. The third-order valence-corrected chi connectivity index (χ3v) is 5.73. The average molecular weight is 249 g/mol. The van der Waals surface area contributed by atoms with Crippen LogP contribution in [0.2, 0.25) is 0 Å². The summed E-state index contributed by atoms with van der Waals surface area (Å²) in [4.78, 5) is 0. The summed E-state index contributed by atoms with van der Waals surface area (Å²) in [5.41, 5.74) is 0. The lowest BCUT2D eigenvalue weighted by molar-refractivity contribution is 0.269. The van der Waals surface area contributed by atoms with Crippen molar-refractivity contribution in [1.82, 2.24) is 4.31 Å². The van der Waals surface area contributed by atoms with Crippen LogP contribution in [-0.4, -0.2) is 42.8 Å². The van der Waals surface area contributed by atoms with Gasteiger partial charge in [-0.1, -0.05) is 26.2 Å². The molecule has 1 N–H and O–H groups in total. The summed E-state index contributed by atoms with van der Waals surface area (Å²) in [6, 6.07) is 0. The molecule has 1 fully saturated rings. The highest BCUT2D eigenvalue weighted by Gasteiger charge is 2.31. The van der Waals surface area contributed by atoms with E-state index in [-0.39, 0.29) is 11.9 Å². The Labute approximate surface area is 98.7 Å². The molecule has 16 heavy (non-hydrogen) atoms. The molecule has 1 aliphatic carbocycles.